The monoisotopic (exact) mass is 246 g/mol. The zero-order valence-corrected chi connectivity index (χ0v) is 9.27. The van der Waals surface area contributed by atoms with Gasteiger partial charge in [0.05, 0.1) is 6.42 Å². The fourth-order valence-electron chi connectivity index (χ4n) is 1.20. The van der Waals surface area contributed by atoms with Crippen LogP contribution in [0.3, 0.4) is 0 Å². The fourth-order valence-corrected chi connectivity index (χ4v) is 1.20. The highest BCUT2D eigenvalue weighted by atomic mass is 19.4. The van der Waals surface area contributed by atoms with E-state index in [0.29, 0.717) is 11.4 Å². The van der Waals surface area contributed by atoms with Crippen LogP contribution >= 0.6 is 0 Å². The summed E-state index contributed by atoms with van der Waals surface area (Å²) in [7, 11) is 0. The van der Waals surface area contributed by atoms with Gasteiger partial charge in [-0.1, -0.05) is 6.07 Å². The standard InChI is InChI=1S/C11H13F3N2O/c1-7-2-3-8(6-9(7)15)16-10(17)4-5-11(12,13)14/h2-3,6H,4-5,15H2,1H3,(H,16,17). The lowest BCUT2D eigenvalue weighted by molar-refractivity contribution is -0.142. The number of benzene rings is 1. The van der Waals surface area contributed by atoms with Gasteiger partial charge in [-0.15, -0.1) is 0 Å². The summed E-state index contributed by atoms with van der Waals surface area (Å²) in [4.78, 5) is 11.2. The molecular formula is C11H13F3N2O. The molecule has 0 saturated carbocycles. The van der Waals surface area contributed by atoms with Gasteiger partial charge in [-0.05, 0) is 24.6 Å². The molecule has 0 aliphatic heterocycles. The molecule has 0 unspecified atom stereocenters. The van der Waals surface area contributed by atoms with E-state index in [-0.39, 0.29) is 0 Å². The Balaban J connectivity index is 2.54. The maximum absolute atomic E-state index is 11.9. The Morgan fingerprint density at radius 3 is 2.59 bits per heavy atom. The molecule has 1 rings (SSSR count). The van der Waals surface area contributed by atoms with E-state index in [1.807, 2.05) is 0 Å². The minimum absolute atomic E-state index is 0.403. The van der Waals surface area contributed by atoms with Crippen LogP contribution < -0.4 is 11.1 Å². The van der Waals surface area contributed by atoms with E-state index in [2.05, 4.69) is 5.32 Å². The van der Waals surface area contributed by atoms with Crippen LogP contribution in [0.1, 0.15) is 18.4 Å². The first-order chi connectivity index (χ1) is 7.78. The zero-order chi connectivity index (χ0) is 13.1. The van der Waals surface area contributed by atoms with Crippen molar-refractivity contribution in [1.29, 1.82) is 0 Å². The van der Waals surface area contributed by atoms with Crippen molar-refractivity contribution in [3.05, 3.63) is 23.8 Å². The van der Waals surface area contributed by atoms with Crippen molar-refractivity contribution in [2.45, 2.75) is 25.9 Å². The maximum Gasteiger partial charge on any atom is 0.389 e. The SMILES string of the molecule is Cc1ccc(NC(=O)CCC(F)(F)F)cc1N. The topological polar surface area (TPSA) is 55.1 Å². The number of hydrogen-bond acceptors (Lipinski definition) is 2. The van der Waals surface area contributed by atoms with Crippen LogP contribution in [0, 0.1) is 6.92 Å². The van der Waals surface area contributed by atoms with Crippen molar-refractivity contribution in [2.24, 2.45) is 0 Å². The average Bonchev–Trinajstić information content (AvgIpc) is 2.20. The molecular weight excluding hydrogens is 233 g/mol. The van der Waals surface area contributed by atoms with Crippen LogP contribution in [0.5, 0.6) is 0 Å². The number of hydrogen-bond donors (Lipinski definition) is 2. The van der Waals surface area contributed by atoms with Gasteiger partial charge in [0, 0.05) is 17.8 Å². The van der Waals surface area contributed by atoms with E-state index in [1.165, 1.54) is 6.07 Å². The van der Waals surface area contributed by atoms with Crippen LogP contribution in [-0.4, -0.2) is 12.1 Å². The summed E-state index contributed by atoms with van der Waals surface area (Å²) >= 11 is 0. The molecule has 0 heterocycles. The minimum atomic E-state index is -4.32. The predicted molar refractivity (Wildman–Crippen MR) is 59.5 cm³/mol. The summed E-state index contributed by atoms with van der Waals surface area (Å²) in [6.45, 7) is 1.80. The highest BCUT2D eigenvalue weighted by Gasteiger charge is 2.27. The van der Waals surface area contributed by atoms with Gasteiger partial charge in [0.1, 0.15) is 0 Å². The summed E-state index contributed by atoms with van der Waals surface area (Å²) in [5, 5.41) is 2.36. The Morgan fingerprint density at radius 2 is 2.06 bits per heavy atom. The molecule has 0 fully saturated rings. The first-order valence-electron chi connectivity index (χ1n) is 5.00. The number of rotatable bonds is 3. The van der Waals surface area contributed by atoms with Gasteiger partial charge in [0.25, 0.3) is 0 Å². The Morgan fingerprint density at radius 1 is 1.41 bits per heavy atom. The van der Waals surface area contributed by atoms with Gasteiger partial charge in [0.15, 0.2) is 0 Å². The second kappa shape index (κ2) is 5.07. The normalized spacial score (nSPS) is 11.3. The molecule has 94 valence electrons. The number of alkyl halides is 3. The lowest BCUT2D eigenvalue weighted by Crippen LogP contribution is -2.16. The molecule has 0 bridgehead atoms. The maximum atomic E-state index is 11.9. The summed E-state index contributed by atoms with van der Waals surface area (Å²) < 4.78 is 35.6. The average molecular weight is 246 g/mol. The number of nitrogen functional groups attached to an aromatic ring is 1. The van der Waals surface area contributed by atoms with E-state index in [0.717, 1.165) is 5.56 Å². The molecule has 1 amide bonds. The molecule has 0 aliphatic carbocycles. The lowest BCUT2D eigenvalue weighted by atomic mass is 10.2. The summed E-state index contributed by atoms with van der Waals surface area (Å²) in [5.41, 5.74) is 7.34. The fraction of sp³-hybridized carbons (Fsp3) is 0.364. The van der Waals surface area contributed by atoms with Crippen molar-refractivity contribution in [2.75, 3.05) is 11.1 Å². The molecule has 6 heteroatoms. The van der Waals surface area contributed by atoms with E-state index < -0.39 is 24.9 Å². The first-order valence-corrected chi connectivity index (χ1v) is 5.00. The van der Waals surface area contributed by atoms with Crippen LogP contribution in [-0.2, 0) is 4.79 Å². The van der Waals surface area contributed by atoms with Gasteiger partial charge >= 0.3 is 6.18 Å². The predicted octanol–water partition coefficient (Wildman–Crippen LogP) is 2.86. The molecule has 0 saturated heterocycles. The molecule has 0 atom stereocenters. The summed E-state index contributed by atoms with van der Waals surface area (Å²) in [6.07, 6.45) is -6.03. The molecule has 0 aromatic heterocycles. The van der Waals surface area contributed by atoms with E-state index in [4.69, 9.17) is 5.73 Å². The van der Waals surface area contributed by atoms with E-state index >= 15 is 0 Å². The Kier molecular flexibility index (Phi) is 3.98. The zero-order valence-electron chi connectivity index (χ0n) is 9.27. The van der Waals surface area contributed by atoms with Crippen LogP contribution in [0.4, 0.5) is 24.5 Å². The first kappa shape index (κ1) is 13.3. The van der Waals surface area contributed by atoms with Gasteiger partial charge in [-0.3, -0.25) is 4.79 Å². The van der Waals surface area contributed by atoms with Crippen LogP contribution in [0.25, 0.3) is 0 Å². The number of amides is 1. The van der Waals surface area contributed by atoms with Crippen LogP contribution in [0.15, 0.2) is 18.2 Å². The Bertz CT molecular complexity index is 416. The molecule has 3 N–H and O–H groups in total. The second-order valence-corrected chi connectivity index (χ2v) is 3.73. The molecule has 1 aromatic carbocycles. The number of aryl methyl sites for hydroxylation is 1. The lowest BCUT2D eigenvalue weighted by Gasteiger charge is -2.08. The van der Waals surface area contributed by atoms with Crippen molar-refractivity contribution in [1.82, 2.24) is 0 Å². The Labute approximate surface area is 96.8 Å². The summed E-state index contributed by atoms with van der Waals surface area (Å²) in [6, 6.07) is 4.80. The molecule has 17 heavy (non-hydrogen) atoms. The van der Waals surface area contributed by atoms with Crippen molar-refractivity contribution >= 4 is 17.3 Å². The van der Waals surface area contributed by atoms with Crippen molar-refractivity contribution < 1.29 is 18.0 Å². The molecule has 0 spiro atoms. The molecule has 1 aromatic rings. The van der Waals surface area contributed by atoms with Gasteiger partial charge in [0.2, 0.25) is 5.91 Å². The third-order valence-electron chi connectivity index (χ3n) is 2.20. The van der Waals surface area contributed by atoms with E-state index in [1.54, 1.807) is 19.1 Å². The number of carbonyl (C=O) groups is 1. The highest BCUT2D eigenvalue weighted by Crippen LogP contribution is 2.22. The number of nitrogens with two attached hydrogens (primary N) is 1. The van der Waals surface area contributed by atoms with Gasteiger partial charge < -0.3 is 11.1 Å². The minimum Gasteiger partial charge on any atom is -0.398 e. The number of nitrogens with one attached hydrogen (secondary N) is 1. The van der Waals surface area contributed by atoms with Crippen molar-refractivity contribution in [3.8, 4) is 0 Å². The number of carbonyl (C=O) groups excluding carboxylic acids is 1. The third-order valence-corrected chi connectivity index (χ3v) is 2.20. The number of halogens is 3. The van der Waals surface area contributed by atoms with Gasteiger partial charge in [-0.25, -0.2) is 0 Å². The Hall–Kier alpha value is -1.72. The molecule has 0 radical (unpaired) electrons. The van der Waals surface area contributed by atoms with Gasteiger partial charge in [-0.2, -0.15) is 13.2 Å². The highest BCUT2D eigenvalue weighted by molar-refractivity contribution is 5.91. The second-order valence-electron chi connectivity index (χ2n) is 3.73. The van der Waals surface area contributed by atoms with E-state index in [9.17, 15) is 18.0 Å². The number of anilines is 2. The smallest absolute Gasteiger partial charge is 0.389 e. The molecule has 3 nitrogen and oxygen atoms in total. The molecule has 0 aliphatic rings. The largest absolute Gasteiger partial charge is 0.398 e. The van der Waals surface area contributed by atoms with Crippen LogP contribution in [0.2, 0.25) is 0 Å². The quantitative estimate of drug-likeness (QED) is 0.806. The third kappa shape index (κ3) is 4.76. The summed E-state index contributed by atoms with van der Waals surface area (Å²) in [5.74, 6) is -0.675. The van der Waals surface area contributed by atoms with Crippen molar-refractivity contribution in [3.63, 3.8) is 0 Å².